The van der Waals surface area contributed by atoms with E-state index in [1.54, 1.807) is 0 Å². The molecular weight excluding hydrogens is 210 g/mol. The van der Waals surface area contributed by atoms with Crippen LogP contribution in [0.2, 0.25) is 0 Å². The fraction of sp³-hybridized carbons (Fsp3) is 0.714. The normalized spacial score (nSPS) is 11.7. The van der Waals surface area contributed by atoms with Crippen LogP contribution >= 0.6 is 0 Å². The van der Waals surface area contributed by atoms with Crippen molar-refractivity contribution in [3.8, 4) is 0 Å². The van der Waals surface area contributed by atoms with Crippen LogP contribution in [0.15, 0.2) is 0 Å². The number of aliphatic hydroxyl groups is 3. The highest BCUT2D eigenvalue weighted by molar-refractivity contribution is 5.97. The summed E-state index contributed by atoms with van der Waals surface area (Å²) < 4.78 is 0. The second kappa shape index (κ2) is 5.61. The number of hydrogen-bond acceptors (Lipinski definition) is 6. The number of aliphatic carboxylic acids is 2. The highest BCUT2D eigenvalue weighted by Gasteiger charge is 2.37. The van der Waals surface area contributed by atoms with E-state index in [1.807, 2.05) is 5.32 Å². The molecule has 15 heavy (non-hydrogen) atoms. The average Bonchev–Trinajstić information content (AvgIpc) is 2.20. The lowest BCUT2D eigenvalue weighted by Crippen LogP contribution is -2.62. The van der Waals surface area contributed by atoms with E-state index in [-0.39, 0.29) is 0 Å². The molecule has 88 valence electrons. The van der Waals surface area contributed by atoms with Crippen molar-refractivity contribution in [3.63, 3.8) is 0 Å². The maximum Gasteiger partial charge on any atom is 0.332 e. The van der Waals surface area contributed by atoms with E-state index in [9.17, 15) is 9.59 Å². The van der Waals surface area contributed by atoms with E-state index in [4.69, 9.17) is 25.5 Å². The molecule has 0 amide bonds. The van der Waals surface area contributed by atoms with E-state index in [0.29, 0.717) is 0 Å². The first kappa shape index (κ1) is 13.8. The first-order chi connectivity index (χ1) is 6.92. The molecule has 0 aliphatic carbocycles. The van der Waals surface area contributed by atoms with Gasteiger partial charge in [0.05, 0.1) is 25.4 Å². The highest BCUT2D eigenvalue weighted by Crippen LogP contribution is 2.04. The Morgan fingerprint density at radius 2 is 1.33 bits per heavy atom. The third-order valence-corrected chi connectivity index (χ3v) is 1.85. The van der Waals surface area contributed by atoms with Gasteiger partial charge in [-0.2, -0.15) is 0 Å². The molecule has 0 bridgehead atoms. The average molecular weight is 223 g/mol. The van der Waals surface area contributed by atoms with Crippen molar-refractivity contribution < 1.29 is 35.1 Å². The van der Waals surface area contributed by atoms with Crippen LogP contribution in [-0.2, 0) is 9.59 Å². The zero-order chi connectivity index (χ0) is 12.1. The van der Waals surface area contributed by atoms with Crippen molar-refractivity contribution in [1.82, 2.24) is 5.32 Å². The minimum Gasteiger partial charge on any atom is -0.480 e. The number of aliphatic hydroxyl groups excluding tert-OH is 3. The lowest BCUT2D eigenvalue weighted by atomic mass is 10.0. The number of nitrogens with one attached hydrogen (secondary N) is 1. The lowest BCUT2D eigenvalue weighted by molar-refractivity contribution is -0.152. The first-order valence-corrected chi connectivity index (χ1v) is 3.98. The van der Waals surface area contributed by atoms with Gasteiger partial charge in [-0.25, -0.2) is 9.59 Å². The van der Waals surface area contributed by atoms with Crippen molar-refractivity contribution in [3.05, 3.63) is 0 Å². The van der Waals surface area contributed by atoms with E-state index in [1.165, 1.54) is 0 Å². The second-order valence-electron chi connectivity index (χ2n) is 3.01. The van der Waals surface area contributed by atoms with Gasteiger partial charge in [-0.3, -0.25) is 5.32 Å². The van der Waals surface area contributed by atoms with E-state index >= 15 is 0 Å². The predicted molar refractivity (Wildman–Crippen MR) is 46.2 cm³/mol. The zero-order valence-corrected chi connectivity index (χ0v) is 7.75. The molecule has 0 saturated carbocycles. The number of carbonyl (C=O) groups is 2. The van der Waals surface area contributed by atoms with Gasteiger partial charge in [0.2, 0.25) is 6.04 Å². The fourth-order valence-electron chi connectivity index (χ4n) is 0.822. The maximum atomic E-state index is 10.5. The SMILES string of the molecule is O=C(O)C(NC(CO)(CO)CO)C(=O)O. The number of rotatable bonds is 7. The summed E-state index contributed by atoms with van der Waals surface area (Å²) in [7, 11) is 0. The van der Waals surface area contributed by atoms with Crippen molar-refractivity contribution in [2.45, 2.75) is 11.6 Å². The molecule has 0 heterocycles. The summed E-state index contributed by atoms with van der Waals surface area (Å²) in [6.45, 7) is -2.38. The summed E-state index contributed by atoms with van der Waals surface area (Å²) in [5.74, 6) is -3.36. The van der Waals surface area contributed by atoms with Crippen LogP contribution in [0.25, 0.3) is 0 Å². The van der Waals surface area contributed by atoms with Crippen LogP contribution in [0.5, 0.6) is 0 Å². The van der Waals surface area contributed by atoms with Crippen LogP contribution in [-0.4, -0.2) is 68.9 Å². The Labute approximate surface area is 84.8 Å². The van der Waals surface area contributed by atoms with Crippen LogP contribution in [0.4, 0.5) is 0 Å². The quantitative estimate of drug-likeness (QED) is 0.248. The van der Waals surface area contributed by atoms with Crippen molar-refractivity contribution in [2.75, 3.05) is 19.8 Å². The Bertz CT molecular complexity index is 215. The summed E-state index contributed by atoms with van der Waals surface area (Å²) in [5.41, 5.74) is -1.73. The topological polar surface area (TPSA) is 147 Å². The van der Waals surface area contributed by atoms with Crippen molar-refractivity contribution >= 4 is 11.9 Å². The zero-order valence-electron chi connectivity index (χ0n) is 7.75. The minimum atomic E-state index is -2.00. The number of carboxylic acids is 2. The lowest BCUT2D eigenvalue weighted by Gasteiger charge is -2.30. The smallest absolute Gasteiger partial charge is 0.332 e. The number of hydrogen-bond donors (Lipinski definition) is 6. The Kier molecular flexibility index (Phi) is 5.15. The fourth-order valence-corrected chi connectivity index (χ4v) is 0.822. The molecule has 0 radical (unpaired) electrons. The summed E-state index contributed by atoms with van der Waals surface area (Å²) in [6.07, 6.45) is 0. The van der Waals surface area contributed by atoms with Gasteiger partial charge in [-0.05, 0) is 0 Å². The Balaban J connectivity index is 4.76. The molecule has 0 atom stereocenters. The predicted octanol–water partition coefficient (Wildman–Crippen LogP) is -3.17. The summed E-state index contributed by atoms with van der Waals surface area (Å²) in [6, 6.07) is -2.00. The maximum absolute atomic E-state index is 10.5. The van der Waals surface area contributed by atoms with Crippen molar-refractivity contribution in [1.29, 1.82) is 0 Å². The molecule has 0 spiro atoms. The minimum absolute atomic E-state index is 0.795. The van der Waals surface area contributed by atoms with Gasteiger partial charge >= 0.3 is 11.9 Å². The van der Waals surface area contributed by atoms with Gasteiger partial charge in [0, 0.05) is 0 Å². The number of carboxylic acid groups (broad SMARTS) is 2. The van der Waals surface area contributed by atoms with Gasteiger partial charge in [-0.15, -0.1) is 0 Å². The Morgan fingerprint density at radius 1 is 1.00 bits per heavy atom. The van der Waals surface area contributed by atoms with Crippen LogP contribution in [0.1, 0.15) is 0 Å². The van der Waals surface area contributed by atoms with Crippen LogP contribution < -0.4 is 5.32 Å². The first-order valence-electron chi connectivity index (χ1n) is 3.98. The Hall–Kier alpha value is -1.22. The largest absolute Gasteiger partial charge is 0.480 e. The van der Waals surface area contributed by atoms with Gasteiger partial charge in [-0.1, -0.05) is 0 Å². The molecule has 0 saturated heterocycles. The van der Waals surface area contributed by atoms with Crippen LogP contribution in [0.3, 0.4) is 0 Å². The highest BCUT2D eigenvalue weighted by atomic mass is 16.4. The molecule has 0 aromatic rings. The van der Waals surface area contributed by atoms with Gasteiger partial charge < -0.3 is 25.5 Å². The molecule has 8 nitrogen and oxygen atoms in total. The molecular formula is C7H13NO7. The molecule has 0 aromatic carbocycles. The van der Waals surface area contributed by atoms with Gasteiger partial charge in [0.1, 0.15) is 0 Å². The molecule has 0 unspecified atom stereocenters. The van der Waals surface area contributed by atoms with Crippen LogP contribution in [0, 0.1) is 0 Å². The van der Waals surface area contributed by atoms with E-state index in [0.717, 1.165) is 0 Å². The van der Waals surface area contributed by atoms with Crippen molar-refractivity contribution in [2.24, 2.45) is 0 Å². The summed E-state index contributed by atoms with van der Waals surface area (Å²) in [5, 5.41) is 45.4. The molecule has 0 fully saturated rings. The molecule has 0 aliphatic heterocycles. The summed E-state index contributed by atoms with van der Waals surface area (Å²) in [4.78, 5) is 21.0. The standard InChI is InChI=1S/C7H13NO7/c9-1-7(2-10,3-11)8-4(5(12)13)6(14)15/h4,8-11H,1-3H2,(H,12,13)(H,14,15). The summed E-state index contributed by atoms with van der Waals surface area (Å²) >= 11 is 0. The second-order valence-corrected chi connectivity index (χ2v) is 3.01. The molecule has 8 heteroatoms. The van der Waals surface area contributed by atoms with Gasteiger partial charge in [0.15, 0.2) is 0 Å². The molecule has 0 aliphatic rings. The third kappa shape index (κ3) is 3.44. The Morgan fingerprint density at radius 3 is 1.53 bits per heavy atom. The van der Waals surface area contributed by atoms with E-state index in [2.05, 4.69) is 0 Å². The van der Waals surface area contributed by atoms with E-state index < -0.39 is 43.3 Å². The molecule has 6 N–H and O–H groups in total. The molecule has 0 aromatic heterocycles. The third-order valence-electron chi connectivity index (χ3n) is 1.85. The molecule has 0 rings (SSSR count). The monoisotopic (exact) mass is 223 g/mol. The van der Waals surface area contributed by atoms with Gasteiger partial charge in [0.25, 0.3) is 0 Å².